The summed E-state index contributed by atoms with van der Waals surface area (Å²) in [5.74, 6) is 0. The Morgan fingerprint density at radius 3 is 2.87 bits per heavy atom. The fraction of sp³-hybridized carbons (Fsp3) is 0.429. The summed E-state index contributed by atoms with van der Waals surface area (Å²) in [6.45, 7) is 2.60. The second-order valence-electron chi connectivity index (χ2n) is 4.57. The number of benzene rings is 1. The van der Waals surface area contributed by atoms with Crippen molar-refractivity contribution in [3.8, 4) is 0 Å². The Morgan fingerprint density at radius 1 is 1.13 bits per heavy atom. The van der Waals surface area contributed by atoms with Gasteiger partial charge < -0.3 is 0 Å². The summed E-state index contributed by atoms with van der Waals surface area (Å²) in [5.41, 5.74) is 3.01. The molecule has 0 saturated carbocycles. The van der Waals surface area contributed by atoms with Crippen LogP contribution in [0.1, 0.15) is 24.8 Å². The molecule has 0 aliphatic carbocycles. The number of rotatable bonds is 1. The molecule has 3 rings (SSSR count). The zero-order valence-electron chi connectivity index (χ0n) is 9.02. The van der Waals surface area contributed by atoms with Crippen LogP contribution >= 0.6 is 0 Å². The van der Waals surface area contributed by atoms with E-state index in [4.69, 9.17) is 0 Å². The first-order valence-electron chi connectivity index (χ1n) is 5.93. The first-order valence-corrected chi connectivity index (χ1v) is 5.93. The molecule has 1 heteroatoms. The summed E-state index contributed by atoms with van der Waals surface area (Å²) in [4.78, 5) is 2.63. The lowest BCUT2D eigenvalue weighted by molar-refractivity contribution is 0.339. The van der Waals surface area contributed by atoms with Crippen LogP contribution in [0.25, 0.3) is 6.08 Å². The molecule has 2 aliphatic heterocycles. The van der Waals surface area contributed by atoms with Crippen LogP contribution in [0.3, 0.4) is 0 Å². The number of hydrogen-bond acceptors (Lipinski definition) is 1. The van der Waals surface area contributed by atoms with E-state index < -0.39 is 0 Å². The molecular weight excluding hydrogens is 182 g/mol. The molecule has 15 heavy (non-hydrogen) atoms. The fourth-order valence-corrected chi connectivity index (χ4v) is 2.88. The Morgan fingerprint density at radius 2 is 2.00 bits per heavy atom. The Kier molecular flexibility index (Phi) is 2.34. The molecular formula is C14H17N. The number of fused-ring (bicyclic) bond motifs is 1. The van der Waals surface area contributed by atoms with Crippen molar-refractivity contribution in [2.75, 3.05) is 13.1 Å². The van der Waals surface area contributed by atoms with E-state index in [9.17, 15) is 0 Å². The first-order chi connectivity index (χ1) is 7.43. The molecule has 0 amide bonds. The van der Waals surface area contributed by atoms with E-state index in [2.05, 4.69) is 41.3 Å². The predicted octanol–water partition coefficient (Wildman–Crippen LogP) is 2.94. The molecule has 0 bridgehead atoms. The molecule has 2 saturated heterocycles. The zero-order valence-corrected chi connectivity index (χ0v) is 9.02. The summed E-state index contributed by atoms with van der Waals surface area (Å²) < 4.78 is 0. The van der Waals surface area contributed by atoms with E-state index in [1.807, 2.05) is 0 Å². The van der Waals surface area contributed by atoms with Crippen LogP contribution in [0.4, 0.5) is 0 Å². The highest BCUT2D eigenvalue weighted by Crippen LogP contribution is 2.33. The van der Waals surface area contributed by atoms with Gasteiger partial charge in [-0.15, -0.1) is 0 Å². The molecule has 78 valence electrons. The average molecular weight is 199 g/mol. The minimum Gasteiger partial charge on any atom is -0.296 e. The maximum absolute atomic E-state index is 2.63. The highest BCUT2D eigenvalue weighted by atomic mass is 15.2. The summed E-state index contributed by atoms with van der Waals surface area (Å²) in [7, 11) is 0. The highest BCUT2D eigenvalue weighted by molar-refractivity contribution is 5.55. The van der Waals surface area contributed by atoms with Gasteiger partial charge in [0.1, 0.15) is 0 Å². The van der Waals surface area contributed by atoms with Crippen molar-refractivity contribution in [2.45, 2.75) is 25.3 Å². The van der Waals surface area contributed by atoms with Crippen molar-refractivity contribution in [1.29, 1.82) is 0 Å². The van der Waals surface area contributed by atoms with E-state index in [1.54, 1.807) is 5.57 Å². The van der Waals surface area contributed by atoms with Crippen molar-refractivity contribution < 1.29 is 0 Å². The lowest BCUT2D eigenvalue weighted by Gasteiger charge is -2.14. The molecule has 1 aromatic rings. The summed E-state index contributed by atoms with van der Waals surface area (Å²) in [6.07, 6.45) is 6.44. The van der Waals surface area contributed by atoms with Crippen LogP contribution in [-0.4, -0.2) is 24.0 Å². The quantitative estimate of drug-likeness (QED) is 0.672. The summed E-state index contributed by atoms with van der Waals surface area (Å²) in [6, 6.07) is 11.5. The third-order valence-corrected chi connectivity index (χ3v) is 3.63. The molecule has 1 unspecified atom stereocenters. The Labute approximate surface area is 91.4 Å². The largest absolute Gasteiger partial charge is 0.296 e. The topological polar surface area (TPSA) is 3.24 Å². The standard InChI is InChI=1S/C14H17N/c1-2-5-12(6-3-1)11-13-8-10-15-9-4-7-14(13)15/h1-3,5-6,11,14H,4,7-10H2/b13-11-. The normalized spacial score (nSPS) is 28.5. The average Bonchev–Trinajstić information content (AvgIpc) is 2.85. The van der Waals surface area contributed by atoms with Crippen LogP contribution in [0.5, 0.6) is 0 Å². The lowest BCUT2D eigenvalue weighted by atomic mass is 10.0. The molecule has 0 N–H and O–H groups in total. The van der Waals surface area contributed by atoms with Crippen LogP contribution in [0, 0.1) is 0 Å². The van der Waals surface area contributed by atoms with Gasteiger partial charge in [0, 0.05) is 12.6 Å². The Balaban J connectivity index is 1.85. The van der Waals surface area contributed by atoms with Crippen LogP contribution in [0.15, 0.2) is 35.9 Å². The smallest absolute Gasteiger partial charge is 0.0311 e. The van der Waals surface area contributed by atoms with Crippen molar-refractivity contribution in [2.24, 2.45) is 0 Å². The minimum atomic E-state index is 0.769. The van der Waals surface area contributed by atoms with Crippen molar-refractivity contribution >= 4 is 6.08 Å². The van der Waals surface area contributed by atoms with Crippen molar-refractivity contribution in [3.05, 3.63) is 41.5 Å². The van der Waals surface area contributed by atoms with Crippen LogP contribution in [-0.2, 0) is 0 Å². The van der Waals surface area contributed by atoms with Gasteiger partial charge in [0.05, 0.1) is 0 Å². The maximum Gasteiger partial charge on any atom is 0.0311 e. The molecule has 0 radical (unpaired) electrons. The van der Waals surface area contributed by atoms with Gasteiger partial charge in [0.25, 0.3) is 0 Å². The maximum atomic E-state index is 2.63. The summed E-state index contributed by atoms with van der Waals surface area (Å²) in [5, 5.41) is 0. The molecule has 1 atom stereocenters. The van der Waals surface area contributed by atoms with Crippen molar-refractivity contribution in [3.63, 3.8) is 0 Å². The van der Waals surface area contributed by atoms with E-state index in [0.717, 1.165) is 6.04 Å². The van der Waals surface area contributed by atoms with Gasteiger partial charge in [-0.2, -0.15) is 0 Å². The lowest BCUT2D eigenvalue weighted by Crippen LogP contribution is -2.22. The highest BCUT2D eigenvalue weighted by Gasteiger charge is 2.32. The van der Waals surface area contributed by atoms with Gasteiger partial charge in [-0.3, -0.25) is 4.90 Å². The summed E-state index contributed by atoms with van der Waals surface area (Å²) >= 11 is 0. The van der Waals surface area contributed by atoms with E-state index >= 15 is 0 Å². The molecule has 1 nitrogen and oxygen atoms in total. The first kappa shape index (κ1) is 9.17. The third kappa shape index (κ3) is 1.72. The van der Waals surface area contributed by atoms with Gasteiger partial charge in [-0.05, 0) is 31.4 Å². The molecule has 1 aromatic carbocycles. The molecule has 0 spiro atoms. The van der Waals surface area contributed by atoms with Crippen LogP contribution < -0.4 is 0 Å². The second-order valence-corrected chi connectivity index (χ2v) is 4.57. The van der Waals surface area contributed by atoms with Gasteiger partial charge in [0.15, 0.2) is 0 Å². The SMILES string of the molecule is C(=C1\CCN2CCCC12)/c1ccccc1. The number of nitrogens with zero attached hydrogens (tertiary/aromatic N) is 1. The zero-order chi connectivity index (χ0) is 10.1. The van der Waals surface area contributed by atoms with Gasteiger partial charge in [0.2, 0.25) is 0 Å². The van der Waals surface area contributed by atoms with Crippen molar-refractivity contribution in [1.82, 2.24) is 4.90 Å². The molecule has 2 fully saturated rings. The minimum absolute atomic E-state index is 0.769. The van der Waals surface area contributed by atoms with Gasteiger partial charge >= 0.3 is 0 Å². The molecule has 2 aliphatic rings. The Bertz CT molecular complexity index is 366. The second kappa shape index (κ2) is 3.82. The predicted molar refractivity (Wildman–Crippen MR) is 63.6 cm³/mol. The Hall–Kier alpha value is -1.08. The molecule has 2 heterocycles. The van der Waals surface area contributed by atoms with Crippen LogP contribution in [0.2, 0.25) is 0 Å². The number of hydrogen-bond donors (Lipinski definition) is 0. The third-order valence-electron chi connectivity index (χ3n) is 3.63. The monoisotopic (exact) mass is 199 g/mol. The van der Waals surface area contributed by atoms with Gasteiger partial charge in [-0.25, -0.2) is 0 Å². The van der Waals surface area contributed by atoms with Gasteiger partial charge in [-0.1, -0.05) is 42.0 Å². The van der Waals surface area contributed by atoms with E-state index in [1.165, 1.54) is 37.9 Å². The molecule has 0 aromatic heterocycles. The fourth-order valence-electron chi connectivity index (χ4n) is 2.88. The van der Waals surface area contributed by atoms with E-state index in [0.29, 0.717) is 0 Å². The van der Waals surface area contributed by atoms with E-state index in [-0.39, 0.29) is 0 Å².